The molecule has 1 aromatic heterocycles. The number of pyridine rings is 1. The number of ketones is 2. The van der Waals surface area contributed by atoms with Gasteiger partial charge in [0.15, 0.2) is 5.78 Å². The van der Waals surface area contributed by atoms with Gasteiger partial charge in [0, 0.05) is 18.7 Å². The maximum atomic E-state index is 11.4. The molecule has 1 heterocycles. The third kappa shape index (κ3) is 1.04. The molecule has 0 aliphatic heterocycles. The molecule has 0 aromatic carbocycles. The maximum absolute atomic E-state index is 11.4. The Morgan fingerprint density at radius 1 is 1.00 bits per heavy atom. The molecule has 4 heteroatoms. The quantitative estimate of drug-likeness (QED) is 0.590. The van der Waals surface area contributed by atoms with Crippen LogP contribution in [0.5, 0.6) is 0 Å². The molecule has 70 valence electrons. The molecule has 0 N–H and O–H groups in total. The summed E-state index contributed by atoms with van der Waals surface area (Å²) in [5.74, 6) is -0.546. The molecule has 0 bridgehead atoms. The highest BCUT2D eigenvalue weighted by Crippen LogP contribution is 2.13. The Bertz CT molecular complexity index is 523. The van der Waals surface area contributed by atoms with Crippen molar-refractivity contribution in [2.45, 2.75) is 0 Å². The van der Waals surface area contributed by atoms with E-state index in [9.17, 15) is 14.4 Å². The Morgan fingerprint density at radius 3 is 2.36 bits per heavy atom. The standard InChI is InChI=1S/C10H7NO3/c1-11-9(14)5-2-6-7(12)3-4-8(13)10(6)11/h2-5H,1H3. The minimum Gasteiger partial charge on any atom is -0.308 e. The van der Waals surface area contributed by atoms with E-state index in [1.807, 2.05) is 0 Å². The van der Waals surface area contributed by atoms with Gasteiger partial charge in [0.05, 0.1) is 0 Å². The van der Waals surface area contributed by atoms with E-state index in [1.54, 1.807) is 0 Å². The fourth-order valence-corrected chi connectivity index (χ4v) is 1.45. The van der Waals surface area contributed by atoms with Gasteiger partial charge in [-0.05, 0) is 18.2 Å². The molecule has 0 saturated carbocycles. The molecule has 1 aromatic rings. The van der Waals surface area contributed by atoms with Gasteiger partial charge < -0.3 is 4.57 Å². The molecule has 1 aliphatic rings. The van der Waals surface area contributed by atoms with Crippen LogP contribution in [0.4, 0.5) is 0 Å². The fraction of sp³-hybridized carbons (Fsp3) is 0.100. The van der Waals surface area contributed by atoms with E-state index >= 15 is 0 Å². The number of hydrogen-bond donors (Lipinski definition) is 0. The summed E-state index contributed by atoms with van der Waals surface area (Å²) in [6, 6.07) is 2.67. The lowest BCUT2D eigenvalue weighted by Crippen LogP contribution is -2.26. The first kappa shape index (κ1) is 8.62. The first-order valence-corrected chi connectivity index (χ1v) is 4.08. The number of allylic oxidation sites excluding steroid dienone is 2. The highest BCUT2D eigenvalue weighted by Gasteiger charge is 2.21. The van der Waals surface area contributed by atoms with E-state index < -0.39 is 0 Å². The van der Waals surface area contributed by atoms with Crippen LogP contribution >= 0.6 is 0 Å². The van der Waals surface area contributed by atoms with Gasteiger partial charge in [0.1, 0.15) is 5.69 Å². The van der Waals surface area contributed by atoms with Crippen LogP contribution < -0.4 is 5.56 Å². The molecule has 0 fully saturated rings. The largest absolute Gasteiger partial charge is 0.308 e. The first-order valence-electron chi connectivity index (χ1n) is 4.08. The Kier molecular flexibility index (Phi) is 1.70. The molecule has 14 heavy (non-hydrogen) atoms. The van der Waals surface area contributed by atoms with Crippen LogP contribution in [-0.2, 0) is 7.05 Å². The lowest BCUT2D eigenvalue weighted by Gasteiger charge is -2.11. The molecule has 0 radical (unpaired) electrons. The molecular formula is C10H7NO3. The number of hydrogen-bond acceptors (Lipinski definition) is 3. The number of rotatable bonds is 0. The first-order chi connectivity index (χ1) is 6.61. The topological polar surface area (TPSA) is 56.1 Å². The van der Waals surface area contributed by atoms with Crippen molar-refractivity contribution in [3.63, 3.8) is 0 Å². The van der Waals surface area contributed by atoms with E-state index in [-0.39, 0.29) is 22.8 Å². The van der Waals surface area contributed by atoms with Crippen molar-refractivity contribution < 1.29 is 9.59 Å². The van der Waals surface area contributed by atoms with E-state index in [0.717, 1.165) is 0 Å². The van der Waals surface area contributed by atoms with Crippen LogP contribution in [0.1, 0.15) is 20.8 Å². The van der Waals surface area contributed by atoms with E-state index in [0.29, 0.717) is 5.56 Å². The molecule has 2 rings (SSSR count). The van der Waals surface area contributed by atoms with Crippen molar-refractivity contribution in [3.8, 4) is 0 Å². The molecule has 0 saturated heterocycles. The zero-order valence-electron chi connectivity index (χ0n) is 7.48. The summed E-state index contributed by atoms with van der Waals surface area (Å²) in [6.07, 6.45) is 2.40. The zero-order valence-corrected chi connectivity index (χ0v) is 7.48. The van der Waals surface area contributed by atoms with Crippen LogP contribution in [0.15, 0.2) is 29.1 Å². The highest BCUT2D eigenvalue weighted by atomic mass is 16.1. The summed E-state index contributed by atoms with van der Waals surface area (Å²) in [5.41, 5.74) is 0.171. The van der Waals surface area contributed by atoms with Gasteiger partial charge in [-0.15, -0.1) is 0 Å². The predicted molar refractivity (Wildman–Crippen MR) is 49.5 cm³/mol. The molecule has 0 atom stereocenters. The van der Waals surface area contributed by atoms with Crippen LogP contribution in [0, 0.1) is 0 Å². The normalized spacial score (nSPS) is 14.4. The number of fused-ring (bicyclic) bond motifs is 1. The lowest BCUT2D eigenvalue weighted by molar-refractivity contribution is 0.0987. The van der Waals surface area contributed by atoms with Crippen molar-refractivity contribution in [2.75, 3.05) is 0 Å². The van der Waals surface area contributed by atoms with Crippen molar-refractivity contribution in [2.24, 2.45) is 7.05 Å². The summed E-state index contributed by atoms with van der Waals surface area (Å²) in [6.45, 7) is 0. The summed E-state index contributed by atoms with van der Waals surface area (Å²) in [7, 11) is 1.48. The molecular weight excluding hydrogens is 182 g/mol. The second kappa shape index (κ2) is 2.77. The lowest BCUT2D eigenvalue weighted by atomic mass is 10.00. The zero-order chi connectivity index (χ0) is 10.3. The molecule has 0 spiro atoms. The number of carbonyl (C=O) groups is 2. The Balaban J connectivity index is 2.85. The summed E-state index contributed by atoms with van der Waals surface area (Å²) in [5, 5.41) is 0. The average Bonchev–Trinajstić information content (AvgIpc) is 2.16. The monoisotopic (exact) mass is 189 g/mol. The van der Waals surface area contributed by atoms with Crippen LogP contribution in [0.2, 0.25) is 0 Å². The molecule has 0 unspecified atom stereocenters. The fourth-order valence-electron chi connectivity index (χ4n) is 1.45. The van der Waals surface area contributed by atoms with Crippen molar-refractivity contribution in [1.82, 2.24) is 4.57 Å². The minimum absolute atomic E-state index is 0.171. The van der Waals surface area contributed by atoms with Gasteiger partial charge in [-0.25, -0.2) is 0 Å². The third-order valence-corrected chi connectivity index (χ3v) is 2.20. The minimum atomic E-state index is -0.306. The van der Waals surface area contributed by atoms with Crippen LogP contribution in [0.3, 0.4) is 0 Å². The molecule has 1 aliphatic carbocycles. The van der Waals surface area contributed by atoms with Gasteiger partial charge >= 0.3 is 0 Å². The summed E-state index contributed by atoms with van der Waals surface area (Å²) in [4.78, 5) is 34.0. The van der Waals surface area contributed by atoms with Gasteiger partial charge in [0.25, 0.3) is 5.56 Å². The number of aromatic nitrogens is 1. The molecule has 4 nitrogen and oxygen atoms in total. The smallest absolute Gasteiger partial charge is 0.250 e. The van der Waals surface area contributed by atoms with Crippen LogP contribution in [-0.4, -0.2) is 16.1 Å². The number of nitrogens with zero attached hydrogens (tertiary/aromatic N) is 1. The van der Waals surface area contributed by atoms with Crippen LogP contribution in [0.25, 0.3) is 0 Å². The summed E-state index contributed by atoms with van der Waals surface area (Å²) < 4.78 is 1.19. The van der Waals surface area contributed by atoms with Crippen molar-refractivity contribution >= 4 is 11.6 Å². The van der Waals surface area contributed by atoms with Gasteiger partial charge in [0.2, 0.25) is 5.78 Å². The Morgan fingerprint density at radius 2 is 1.64 bits per heavy atom. The van der Waals surface area contributed by atoms with Crippen molar-refractivity contribution in [1.29, 1.82) is 0 Å². The predicted octanol–water partition coefficient (Wildman–Crippen LogP) is 0.320. The second-order valence-corrected chi connectivity index (χ2v) is 3.05. The van der Waals surface area contributed by atoms with E-state index in [1.165, 1.54) is 35.9 Å². The Hall–Kier alpha value is -1.97. The maximum Gasteiger partial charge on any atom is 0.250 e. The number of carbonyl (C=O) groups excluding carboxylic acids is 2. The van der Waals surface area contributed by atoms with Gasteiger partial charge in [-0.3, -0.25) is 14.4 Å². The van der Waals surface area contributed by atoms with Gasteiger partial charge in [-0.2, -0.15) is 0 Å². The SMILES string of the molecule is Cn1c2c(ccc1=O)C(=O)C=CC2=O. The summed E-state index contributed by atoms with van der Waals surface area (Å²) >= 11 is 0. The van der Waals surface area contributed by atoms with E-state index in [4.69, 9.17) is 0 Å². The van der Waals surface area contributed by atoms with Gasteiger partial charge in [-0.1, -0.05) is 0 Å². The second-order valence-electron chi connectivity index (χ2n) is 3.05. The third-order valence-electron chi connectivity index (χ3n) is 2.20. The average molecular weight is 189 g/mol. The molecule has 0 amide bonds. The van der Waals surface area contributed by atoms with Crippen molar-refractivity contribution in [3.05, 3.63) is 45.9 Å². The Labute approximate surface area is 79.5 Å². The van der Waals surface area contributed by atoms with E-state index in [2.05, 4.69) is 0 Å². The highest BCUT2D eigenvalue weighted by molar-refractivity contribution is 6.21.